The number of guanidine groups is 1. The van der Waals surface area contributed by atoms with Crippen molar-refractivity contribution in [3.8, 4) is 0 Å². The second-order valence-electron chi connectivity index (χ2n) is 4.97. The lowest BCUT2D eigenvalue weighted by atomic mass is 10.1. The zero-order chi connectivity index (χ0) is 16.5. The molecule has 4 nitrogen and oxygen atoms in total. The monoisotopic (exact) mass is 318 g/mol. The number of hydrogen-bond donors (Lipinski definition) is 2. The van der Waals surface area contributed by atoms with Gasteiger partial charge in [-0.1, -0.05) is 6.07 Å². The van der Waals surface area contributed by atoms with Gasteiger partial charge in [-0.2, -0.15) is 0 Å². The third-order valence-electron chi connectivity index (χ3n) is 3.10. The first-order chi connectivity index (χ1) is 11.2. The number of benzene rings is 1. The van der Waals surface area contributed by atoms with E-state index in [0.29, 0.717) is 31.0 Å². The first-order valence-corrected chi connectivity index (χ1v) is 7.54. The second kappa shape index (κ2) is 8.82. The fraction of sp³-hybridized carbons (Fsp3) is 0.294. The summed E-state index contributed by atoms with van der Waals surface area (Å²) in [6, 6.07) is 9.22. The standard InChI is InChI=1S/C17H20F2N4/c1-2-20-17(23-12-16-5-3-4-7-21-16)22-8-6-13-9-14(18)11-15(19)10-13/h3-5,7,9-11H,2,6,8,12H2,1H3,(H2,20,22,23). The highest BCUT2D eigenvalue weighted by Crippen LogP contribution is 2.08. The maximum Gasteiger partial charge on any atom is 0.191 e. The largest absolute Gasteiger partial charge is 0.357 e. The van der Waals surface area contributed by atoms with Gasteiger partial charge in [-0.25, -0.2) is 13.8 Å². The summed E-state index contributed by atoms with van der Waals surface area (Å²) < 4.78 is 26.3. The topological polar surface area (TPSA) is 49.3 Å². The fourth-order valence-electron chi connectivity index (χ4n) is 2.07. The highest BCUT2D eigenvalue weighted by Gasteiger charge is 2.02. The van der Waals surface area contributed by atoms with Gasteiger partial charge in [0.2, 0.25) is 0 Å². The van der Waals surface area contributed by atoms with Crippen LogP contribution < -0.4 is 10.6 Å². The van der Waals surface area contributed by atoms with Gasteiger partial charge in [-0.05, 0) is 43.2 Å². The molecule has 1 aromatic heterocycles. The molecule has 0 aliphatic heterocycles. The summed E-state index contributed by atoms with van der Waals surface area (Å²) >= 11 is 0. The highest BCUT2D eigenvalue weighted by molar-refractivity contribution is 5.79. The van der Waals surface area contributed by atoms with Gasteiger partial charge in [-0.15, -0.1) is 0 Å². The second-order valence-corrected chi connectivity index (χ2v) is 4.97. The van der Waals surface area contributed by atoms with Crippen LogP contribution in [-0.4, -0.2) is 24.0 Å². The van der Waals surface area contributed by atoms with E-state index in [2.05, 4.69) is 20.6 Å². The van der Waals surface area contributed by atoms with Crippen LogP contribution in [0.5, 0.6) is 0 Å². The van der Waals surface area contributed by atoms with E-state index in [1.54, 1.807) is 6.20 Å². The third kappa shape index (κ3) is 6.02. The van der Waals surface area contributed by atoms with Crippen molar-refractivity contribution >= 4 is 5.96 Å². The van der Waals surface area contributed by atoms with Crippen molar-refractivity contribution in [1.82, 2.24) is 15.6 Å². The number of pyridine rings is 1. The van der Waals surface area contributed by atoms with Gasteiger partial charge in [0, 0.05) is 25.4 Å². The molecule has 0 saturated carbocycles. The number of aliphatic imine (C=N–C) groups is 1. The van der Waals surface area contributed by atoms with Crippen molar-refractivity contribution in [2.45, 2.75) is 19.9 Å². The average molecular weight is 318 g/mol. The van der Waals surface area contributed by atoms with E-state index < -0.39 is 11.6 Å². The molecule has 2 rings (SSSR count). The molecule has 1 heterocycles. The minimum atomic E-state index is -0.560. The number of hydrogen-bond acceptors (Lipinski definition) is 2. The Balaban J connectivity index is 1.89. The molecular formula is C17H20F2N4. The maximum absolute atomic E-state index is 13.1. The van der Waals surface area contributed by atoms with Gasteiger partial charge >= 0.3 is 0 Å². The van der Waals surface area contributed by atoms with Crippen molar-refractivity contribution in [1.29, 1.82) is 0 Å². The molecule has 0 radical (unpaired) electrons. The zero-order valence-corrected chi connectivity index (χ0v) is 13.0. The molecule has 0 bridgehead atoms. The van der Waals surface area contributed by atoms with E-state index >= 15 is 0 Å². The van der Waals surface area contributed by atoms with Crippen LogP contribution in [-0.2, 0) is 13.0 Å². The Bertz CT molecular complexity index is 624. The van der Waals surface area contributed by atoms with Crippen molar-refractivity contribution in [3.05, 3.63) is 65.5 Å². The van der Waals surface area contributed by atoms with Crippen LogP contribution in [0.4, 0.5) is 8.78 Å². The number of aromatic nitrogens is 1. The SMILES string of the molecule is CCNC(=NCc1ccccn1)NCCc1cc(F)cc(F)c1. The van der Waals surface area contributed by atoms with Crippen LogP contribution in [0.25, 0.3) is 0 Å². The van der Waals surface area contributed by atoms with E-state index in [9.17, 15) is 8.78 Å². The zero-order valence-electron chi connectivity index (χ0n) is 13.0. The number of nitrogens with one attached hydrogen (secondary N) is 2. The van der Waals surface area contributed by atoms with Crippen LogP contribution in [0.2, 0.25) is 0 Å². The van der Waals surface area contributed by atoms with Gasteiger partial charge in [0.1, 0.15) is 11.6 Å². The number of rotatable bonds is 6. The van der Waals surface area contributed by atoms with Crippen molar-refractivity contribution in [2.24, 2.45) is 4.99 Å². The lowest BCUT2D eigenvalue weighted by Crippen LogP contribution is -2.38. The third-order valence-corrected chi connectivity index (χ3v) is 3.10. The lowest BCUT2D eigenvalue weighted by Gasteiger charge is -2.11. The molecule has 0 unspecified atom stereocenters. The molecule has 0 fully saturated rings. The van der Waals surface area contributed by atoms with E-state index in [1.165, 1.54) is 12.1 Å². The van der Waals surface area contributed by atoms with Crippen LogP contribution in [0.3, 0.4) is 0 Å². The van der Waals surface area contributed by atoms with Crippen LogP contribution in [0, 0.1) is 11.6 Å². The van der Waals surface area contributed by atoms with Crippen LogP contribution in [0.15, 0.2) is 47.6 Å². The Labute approximate surface area is 134 Å². The van der Waals surface area contributed by atoms with Crippen molar-refractivity contribution < 1.29 is 8.78 Å². The highest BCUT2D eigenvalue weighted by atomic mass is 19.1. The molecule has 0 saturated heterocycles. The molecule has 1 aromatic carbocycles. The number of nitrogens with zero attached hydrogens (tertiary/aromatic N) is 2. The van der Waals surface area contributed by atoms with Gasteiger partial charge in [-0.3, -0.25) is 4.98 Å². The van der Waals surface area contributed by atoms with Crippen LogP contribution >= 0.6 is 0 Å². The Morgan fingerprint density at radius 3 is 2.57 bits per heavy atom. The Kier molecular flexibility index (Phi) is 6.47. The van der Waals surface area contributed by atoms with Crippen molar-refractivity contribution in [3.63, 3.8) is 0 Å². The summed E-state index contributed by atoms with van der Waals surface area (Å²) in [5, 5.41) is 6.27. The Morgan fingerprint density at radius 2 is 1.91 bits per heavy atom. The molecule has 0 amide bonds. The molecule has 0 aliphatic carbocycles. The first-order valence-electron chi connectivity index (χ1n) is 7.54. The van der Waals surface area contributed by atoms with E-state index in [4.69, 9.17) is 0 Å². The molecule has 6 heteroatoms. The number of halogens is 2. The summed E-state index contributed by atoms with van der Waals surface area (Å²) in [6.45, 7) is 3.68. The molecule has 2 aromatic rings. The van der Waals surface area contributed by atoms with E-state index in [-0.39, 0.29) is 0 Å². The predicted molar refractivity (Wildman–Crippen MR) is 87.1 cm³/mol. The molecule has 23 heavy (non-hydrogen) atoms. The van der Waals surface area contributed by atoms with Crippen LogP contribution in [0.1, 0.15) is 18.2 Å². The molecule has 0 spiro atoms. The fourth-order valence-corrected chi connectivity index (χ4v) is 2.07. The quantitative estimate of drug-likeness (QED) is 0.636. The van der Waals surface area contributed by atoms with Gasteiger partial charge in [0.05, 0.1) is 12.2 Å². The average Bonchev–Trinajstić information content (AvgIpc) is 2.53. The lowest BCUT2D eigenvalue weighted by molar-refractivity contribution is 0.579. The van der Waals surface area contributed by atoms with E-state index in [0.717, 1.165) is 18.3 Å². The molecule has 0 atom stereocenters. The molecule has 122 valence electrons. The minimum Gasteiger partial charge on any atom is -0.357 e. The Hall–Kier alpha value is -2.50. The Morgan fingerprint density at radius 1 is 1.13 bits per heavy atom. The summed E-state index contributed by atoms with van der Waals surface area (Å²) in [6.07, 6.45) is 2.23. The van der Waals surface area contributed by atoms with E-state index in [1.807, 2.05) is 25.1 Å². The maximum atomic E-state index is 13.1. The molecule has 0 aliphatic rings. The van der Waals surface area contributed by atoms with Gasteiger partial charge in [0.15, 0.2) is 5.96 Å². The van der Waals surface area contributed by atoms with Crippen molar-refractivity contribution in [2.75, 3.05) is 13.1 Å². The smallest absolute Gasteiger partial charge is 0.191 e. The summed E-state index contributed by atoms with van der Waals surface area (Å²) in [5.74, 6) is -0.471. The summed E-state index contributed by atoms with van der Waals surface area (Å²) in [7, 11) is 0. The summed E-state index contributed by atoms with van der Waals surface area (Å²) in [4.78, 5) is 8.65. The first kappa shape index (κ1) is 16.9. The normalized spacial score (nSPS) is 11.3. The molecule has 2 N–H and O–H groups in total. The van der Waals surface area contributed by atoms with Gasteiger partial charge < -0.3 is 10.6 Å². The predicted octanol–water partition coefficient (Wildman–Crippen LogP) is 2.66. The van der Waals surface area contributed by atoms with Gasteiger partial charge in [0.25, 0.3) is 0 Å². The summed E-state index contributed by atoms with van der Waals surface area (Å²) in [5.41, 5.74) is 1.48. The molecular weight excluding hydrogens is 298 g/mol. The minimum absolute atomic E-state index is 0.463.